The second kappa shape index (κ2) is 9.46. The highest BCUT2D eigenvalue weighted by molar-refractivity contribution is 7.80. The minimum atomic E-state index is -0.674. The number of furan rings is 1. The first-order valence-corrected chi connectivity index (χ1v) is 10.8. The number of thiocarbonyl (C=S) groups is 1. The van der Waals surface area contributed by atoms with E-state index >= 15 is 0 Å². The number of nitrogens with zero attached hydrogens (tertiary/aromatic N) is 2. The summed E-state index contributed by atoms with van der Waals surface area (Å²) in [5.41, 5.74) is 0.380. The zero-order chi connectivity index (χ0) is 24.4. The number of nitrogens with one attached hydrogen (secondary N) is 1. The zero-order valence-corrected chi connectivity index (χ0v) is 19.2. The smallest absolute Gasteiger partial charge is 0.288 e. The summed E-state index contributed by atoms with van der Waals surface area (Å²) in [5.74, 6) is -0.269. The Morgan fingerprint density at radius 3 is 2.74 bits per heavy atom. The van der Waals surface area contributed by atoms with Crippen molar-refractivity contribution in [3.8, 4) is 17.1 Å². The van der Waals surface area contributed by atoms with Gasteiger partial charge in [-0.2, -0.15) is 0 Å². The molecule has 11 heteroatoms. The molecule has 34 heavy (non-hydrogen) atoms. The molecule has 1 fully saturated rings. The number of nitro benzene ring substituents is 1. The summed E-state index contributed by atoms with van der Waals surface area (Å²) >= 11 is 11.1. The van der Waals surface area contributed by atoms with E-state index in [-0.39, 0.29) is 27.2 Å². The molecule has 1 aromatic heterocycles. The van der Waals surface area contributed by atoms with Crippen LogP contribution in [0.3, 0.4) is 0 Å². The van der Waals surface area contributed by atoms with E-state index in [9.17, 15) is 19.7 Å². The van der Waals surface area contributed by atoms with Crippen molar-refractivity contribution in [2.75, 3.05) is 11.5 Å². The van der Waals surface area contributed by atoms with E-state index in [1.807, 2.05) is 6.92 Å². The van der Waals surface area contributed by atoms with Gasteiger partial charge in [0.05, 0.1) is 17.2 Å². The summed E-state index contributed by atoms with van der Waals surface area (Å²) in [7, 11) is 0. The Hall–Kier alpha value is -4.02. The topological polar surface area (TPSA) is 115 Å². The number of carbonyl (C=O) groups excluding carboxylic acids is 2. The molecule has 3 aromatic rings. The predicted molar refractivity (Wildman–Crippen MR) is 130 cm³/mol. The van der Waals surface area contributed by atoms with E-state index in [0.717, 1.165) is 0 Å². The molecule has 2 heterocycles. The molecule has 0 atom stereocenters. The highest BCUT2D eigenvalue weighted by Crippen LogP contribution is 2.32. The average molecular weight is 498 g/mol. The van der Waals surface area contributed by atoms with Gasteiger partial charge in [0.2, 0.25) is 0 Å². The van der Waals surface area contributed by atoms with Gasteiger partial charge in [0.15, 0.2) is 5.11 Å². The van der Waals surface area contributed by atoms with Gasteiger partial charge < -0.3 is 9.15 Å². The van der Waals surface area contributed by atoms with E-state index in [1.54, 1.807) is 36.4 Å². The van der Waals surface area contributed by atoms with Crippen LogP contribution in [0.25, 0.3) is 17.4 Å². The Morgan fingerprint density at radius 1 is 1.21 bits per heavy atom. The van der Waals surface area contributed by atoms with E-state index in [4.69, 9.17) is 33.0 Å². The minimum absolute atomic E-state index is 0.00316. The maximum absolute atomic E-state index is 13.2. The lowest BCUT2D eigenvalue weighted by molar-refractivity contribution is -0.384. The number of hydrogen-bond acceptors (Lipinski definition) is 7. The fourth-order valence-electron chi connectivity index (χ4n) is 3.30. The van der Waals surface area contributed by atoms with Crippen molar-refractivity contribution in [3.05, 3.63) is 81.1 Å². The first-order chi connectivity index (χ1) is 16.3. The number of amides is 2. The van der Waals surface area contributed by atoms with Crippen molar-refractivity contribution in [2.45, 2.75) is 6.92 Å². The van der Waals surface area contributed by atoms with Gasteiger partial charge in [-0.15, -0.1) is 0 Å². The lowest BCUT2D eigenvalue weighted by Crippen LogP contribution is -2.54. The molecule has 0 aliphatic carbocycles. The molecule has 0 bridgehead atoms. The van der Waals surface area contributed by atoms with Gasteiger partial charge in [-0.05, 0) is 61.6 Å². The minimum Gasteiger partial charge on any atom is -0.494 e. The Kier molecular flexibility index (Phi) is 6.44. The monoisotopic (exact) mass is 497 g/mol. The average Bonchev–Trinajstić information content (AvgIpc) is 3.26. The quantitative estimate of drug-likeness (QED) is 0.172. The van der Waals surface area contributed by atoms with Crippen LogP contribution in [-0.2, 0) is 9.59 Å². The summed E-state index contributed by atoms with van der Waals surface area (Å²) in [6.45, 7) is 2.28. The van der Waals surface area contributed by atoms with Gasteiger partial charge in [-0.3, -0.25) is 29.9 Å². The first kappa shape index (κ1) is 23.1. The van der Waals surface area contributed by atoms with Gasteiger partial charge >= 0.3 is 0 Å². The molecule has 1 saturated heterocycles. The third-order valence-electron chi connectivity index (χ3n) is 4.83. The molecule has 0 saturated carbocycles. The summed E-state index contributed by atoms with van der Waals surface area (Å²) in [5, 5.41) is 13.6. The largest absolute Gasteiger partial charge is 0.494 e. The summed E-state index contributed by atoms with van der Waals surface area (Å²) in [6, 6.07) is 14.1. The fraction of sp³-hybridized carbons (Fsp3) is 0.0870. The van der Waals surface area contributed by atoms with Gasteiger partial charge in [0, 0.05) is 17.7 Å². The van der Waals surface area contributed by atoms with Crippen molar-refractivity contribution >= 4 is 58.2 Å². The van der Waals surface area contributed by atoms with E-state index in [2.05, 4.69) is 5.32 Å². The van der Waals surface area contributed by atoms with Crippen LogP contribution < -0.4 is 15.0 Å². The Morgan fingerprint density at radius 2 is 2.00 bits per heavy atom. The number of ether oxygens (including phenoxy) is 1. The van der Waals surface area contributed by atoms with Gasteiger partial charge in [-0.25, -0.2) is 0 Å². The van der Waals surface area contributed by atoms with Crippen LogP contribution in [0.5, 0.6) is 5.75 Å². The summed E-state index contributed by atoms with van der Waals surface area (Å²) < 4.78 is 11.2. The normalized spacial score (nSPS) is 14.9. The Bertz CT molecular complexity index is 1370. The maximum atomic E-state index is 13.2. The number of halogens is 1. The molecule has 4 rings (SSSR count). The van der Waals surface area contributed by atoms with Crippen LogP contribution in [0.2, 0.25) is 5.02 Å². The molecular formula is C23H16ClN3O6S. The highest BCUT2D eigenvalue weighted by atomic mass is 35.5. The fourth-order valence-corrected chi connectivity index (χ4v) is 3.77. The summed E-state index contributed by atoms with van der Waals surface area (Å²) in [4.78, 5) is 37.5. The van der Waals surface area contributed by atoms with E-state index in [1.165, 1.54) is 29.2 Å². The van der Waals surface area contributed by atoms with Crippen molar-refractivity contribution in [1.29, 1.82) is 0 Å². The standard InChI is InChI=1S/C23H16ClN3O6S/c1-2-32-15-5-3-4-14(11-15)26-22(29)17(21(28)25-23(26)34)12-16-7-9-20(33-16)13-6-8-18(24)19(10-13)27(30)31/h3-12H,2H2,1H3,(H,25,28,34)/b17-12-. The van der Waals surface area contributed by atoms with Crippen molar-refractivity contribution in [3.63, 3.8) is 0 Å². The molecule has 2 amide bonds. The molecule has 1 aliphatic rings. The van der Waals surface area contributed by atoms with Crippen LogP contribution in [0.15, 0.2) is 64.6 Å². The second-order valence-corrected chi connectivity index (χ2v) is 7.81. The zero-order valence-electron chi connectivity index (χ0n) is 17.6. The van der Waals surface area contributed by atoms with Crippen molar-refractivity contribution < 1.29 is 23.7 Å². The second-order valence-electron chi connectivity index (χ2n) is 7.01. The SMILES string of the molecule is CCOc1cccc(N2C(=O)/C(=C\c3ccc(-c4ccc(Cl)c([N+](=O)[O-])c4)o3)C(=O)NC2=S)c1. The third-order valence-corrected chi connectivity index (χ3v) is 5.43. The molecule has 1 N–H and O–H groups in total. The van der Waals surface area contributed by atoms with Crippen LogP contribution >= 0.6 is 23.8 Å². The Labute approximate surface area is 203 Å². The lowest BCUT2D eigenvalue weighted by atomic mass is 10.1. The first-order valence-electron chi connectivity index (χ1n) is 9.97. The van der Waals surface area contributed by atoms with Gasteiger partial charge in [0.25, 0.3) is 17.5 Å². The predicted octanol–water partition coefficient (Wildman–Crippen LogP) is 4.74. The number of hydrogen-bond donors (Lipinski definition) is 1. The number of benzene rings is 2. The maximum Gasteiger partial charge on any atom is 0.288 e. The molecule has 0 spiro atoms. The highest BCUT2D eigenvalue weighted by Gasteiger charge is 2.35. The Balaban J connectivity index is 1.66. The van der Waals surface area contributed by atoms with E-state index in [0.29, 0.717) is 29.4 Å². The molecule has 0 unspecified atom stereocenters. The van der Waals surface area contributed by atoms with Crippen molar-refractivity contribution in [1.82, 2.24) is 5.32 Å². The number of nitro groups is 1. The van der Waals surface area contributed by atoms with Gasteiger partial charge in [-0.1, -0.05) is 17.7 Å². The molecule has 1 aliphatic heterocycles. The lowest BCUT2D eigenvalue weighted by Gasteiger charge is -2.29. The molecule has 9 nitrogen and oxygen atoms in total. The van der Waals surface area contributed by atoms with Gasteiger partial charge in [0.1, 0.15) is 27.9 Å². The number of rotatable bonds is 6. The summed E-state index contributed by atoms with van der Waals surface area (Å²) in [6.07, 6.45) is 1.28. The molecule has 172 valence electrons. The molecule has 2 aromatic carbocycles. The van der Waals surface area contributed by atoms with Crippen molar-refractivity contribution in [2.24, 2.45) is 0 Å². The van der Waals surface area contributed by atoms with Crippen LogP contribution in [-0.4, -0.2) is 28.5 Å². The molecular weight excluding hydrogens is 482 g/mol. The van der Waals surface area contributed by atoms with E-state index < -0.39 is 16.7 Å². The van der Waals surface area contributed by atoms with Crippen LogP contribution in [0, 0.1) is 10.1 Å². The third kappa shape index (κ3) is 4.54. The van der Waals surface area contributed by atoms with Crippen LogP contribution in [0.4, 0.5) is 11.4 Å². The van der Waals surface area contributed by atoms with Crippen LogP contribution in [0.1, 0.15) is 12.7 Å². The number of carbonyl (C=O) groups is 2. The number of anilines is 1. The molecule has 0 radical (unpaired) electrons.